The van der Waals surface area contributed by atoms with Crippen LogP contribution in [0.15, 0.2) is 22.8 Å². The average Bonchev–Trinajstić information content (AvgIpc) is 2.91. The van der Waals surface area contributed by atoms with Crippen molar-refractivity contribution in [2.45, 2.75) is 52.1 Å². The van der Waals surface area contributed by atoms with Crippen molar-refractivity contribution >= 4 is 22.0 Å². The lowest BCUT2D eigenvalue weighted by atomic mass is 9.72. The number of carbonyl (C=O) groups is 1. The molecule has 1 aliphatic carbocycles. The summed E-state index contributed by atoms with van der Waals surface area (Å²) < 4.78 is 6.46. The largest absolute Gasteiger partial charge is 0.444 e. The molecule has 1 amide bonds. The summed E-state index contributed by atoms with van der Waals surface area (Å²) in [6.45, 7) is 7.46. The first-order valence-electron chi connectivity index (χ1n) is 8.91. The third-order valence-corrected chi connectivity index (χ3v) is 5.58. The smallest absolute Gasteiger partial charge is 0.410 e. The van der Waals surface area contributed by atoms with Crippen molar-refractivity contribution in [3.63, 3.8) is 0 Å². The fraction of sp³-hybridized carbons (Fsp3) is 0.684. The number of nitrogens with zero attached hydrogens (tertiary/aromatic N) is 2. The fourth-order valence-electron chi connectivity index (χ4n) is 4.15. The van der Waals surface area contributed by atoms with E-state index in [-0.39, 0.29) is 6.09 Å². The summed E-state index contributed by atoms with van der Waals surface area (Å²) in [5.41, 5.74) is 0.718. The lowest BCUT2D eigenvalue weighted by molar-refractivity contribution is 0.0282. The highest BCUT2D eigenvalue weighted by Crippen LogP contribution is 2.41. The second-order valence-electron chi connectivity index (χ2n) is 8.16. The molecule has 1 aromatic heterocycles. The number of carbonyl (C=O) groups excluding carboxylic acids is 1. The molecule has 3 atom stereocenters. The Labute approximate surface area is 153 Å². The summed E-state index contributed by atoms with van der Waals surface area (Å²) in [5.74, 6) is 1.80. The molecule has 2 fully saturated rings. The molecule has 2 aliphatic rings. The Balaban J connectivity index is 1.66. The van der Waals surface area contributed by atoms with Crippen molar-refractivity contribution in [3.05, 3.63) is 28.5 Å². The highest BCUT2D eigenvalue weighted by molar-refractivity contribution is 9.10. The van der Waals surface area contributed by atoms with E-state index in [1.165, 1.54) is 19.3 Å². The molecule has 3 unspecified atom stereocenters. The minimum Gasteiger partial charge on any atom is -0.444 e. The van der Waals surface area contributed by atoms with E-state index in [4.69, 9.17) is 4.74 Å². The summed E-state index contributed by atoms with van der Waals surface area (Å²) in [5, 5.41) is 0. The second kappa shape index (κ2) is 7.03. The van der Waals surface area contributed by atoms with Crippen LogP contribution in [0.2, 0.25) is 0 Å². The number of fused-ring (bicyclic) bond motifs is 1. The van der Waals surface area contributed by atoms with E-state index in [1.54, 1.807) is 0 Å². The van der Waals surface area contributed by atoms with Gasteiger partial charge in [0.05, 0.1) is 0 Å². The monoisotopic (exact) mass is 394 g/mol. The van der Waals surface area contributed by atoms with Gasteiger partial charge < -0.3 is 9.64 Å². The summed E-state index contributed by atoms with van der Waals surface area (Å²) in [7, 11) is 0. The molecule has 0 bridgehead atoms. The number of hydrogen-bond acceptors (Lipinski definition) is 3. The van der Waals surface area contributed by atoms with E-state index < -0.39 is 5.60 Å². The fourth-order valence-corrected chi connectivity index (χ4v) is 4.53. The molecule has 5 heteroatoms. The summed E-state index contributed by atoms with van der Waals surface area (Å²) >= 11 is 3.46. The molecular formula is C19H27BrN2O2. The maximum atomic E-state index is 12.4. The van der Waals surface area contributed by atoms with Gasteiger partial charge in [0.1, 0.15) is 10.2 Å². The zero-order valence-corrected chi connectivity index (χ0v) is 16.4. The standard InChI is InChI=1S/C19H27BrN2O2/c1-19(2,3)24-18(23)22-11-14-7-4-6-13(16(14)12-22)10-15-8-5-9-17(20)21-15/h5,8-9,13-14,16H,4,6-7,10-12H2,1-3H3. The lowest BCUT2D eigenvalue weighted by Crippen LogP contribution is -2.36. The Hall–Kier alpha value is -1.10. The second-order valence-corrected chi connectivity index (χ2v) is 8.97. The van der Waals surface area contributed by atoms with E-state index in [2.05, 4.69) is 27.0 Å². The number of hydrogen-bond donors (Lipinski definition) is 0. The van der Waals surface area contributed by atoms with E-state index in [1.807, 2.05) is 37.8 Å². The molecule has 3 rings (SSSR count). The van der Waals surface area contributed by atoms with Gasteiger partial charge in [-0.25, -0.2) is 9.78 Å². The van der Waals surface area contributed by atoms with Gasteiger partial charge in [0.15, 0.2) is 0 Å². The van der Waals surface area contributed by atoms with E-state index in [0.29, 0.717) is 17.8 Å². The number of halogens is 1. The van der Waals surface area contributed by atoms with Crippen LogP contribution in [0.25, 0.3) is 0 Å². The molecule has 1 aromatic rings. The highest BCUT2D eigenvalue weighted by atomic mass is 79.9. The summed E-state index contributed by atoms with van der Waals surface area (Å²) in [4.78, 5) is 18.9. The van der Waals surface area contributed by atoms with Crippen LogP contribution in [-0.4, -0.2) is 34.7 Å². The van der Waals surface area contributed by atoms with Crippen molar-refractivity contribution in [1.29, 1.82) is 0 Å². The van der Waals surface area contributed by atoms with Crippen LogP contribution in [0.1, 0.15) is 45.7 Å². The molecule has 1 aliphatic heterocycles. The number of likely N-dealkylation sites (tertiary alicyclic amines) is 1. The van der Waals surface area contributed by atoms with Gasteiger partial charge in [0, 0.05) is 18.8 Å². The number of pyridine rings is 1. The molecule has 0 aromatic carbocycles. The molecule has 4 nitrogen and oxygen atoms in total. The Kier molecular flexibility index (Phi) is 5.19. The quantitative estimate of drug-likeness (QED) is 0.684. The van der Waals surface area contributed by atoms with Crippen molar-refractivity contribution in [1.82, 2.24) is 9.88 Å². The molecule has 132 valence electrons. The van der Waals surface area contributed by atoms with Gasteiger partial charge in [0.25, 0.3) is 0 Å². The predicted molar refractivity (Wildman–Crippen MR) is 97.8 cm³/mol. The van der Waals surface area contributed by atoms with Gasteiger partial charge in [-0.15, -0.1) is 0 Å². The van der Waals surface area contributed by atoms with E-state index in [9.17, 15) is 4.79 Å². The van der Waals surface area contributed by atoms with Gasteiger partial charge in [-0.2, -0.15) is 0 Å². The zero-order valence-electron chi connectivity index (χ0n) is 14.8. The molecule has 1 saturated heterocycles. The zero-order chi connectivity index (χ0) is 17.3. The normalized spacial score (nSPS) is 27.0. The van der Waals surface area contributed by atoms with Gasteiger partial charge in [-0.05, 0) is 85.9 Å². The van der Waals surface area contributed by atoms with Gasteiger partial charge in [0.2, 0.25) is 0 Å². The Bertz CT molecular complexity index is 599. The first kappa shape index (κ1) is 17.7. The Morgan fingerprint density at radius 2 is 2.12 bits per heavy atom. The lowest BCUT2D eigenvalue weighted by Gasteiger charge is -2.32. The van der Waals surface area contributed by atoms with Crippen LogP contribution in [-0.2, 0) is 11.2 Å². The maximum Gasteiger partial charge on any atom is 0.410 e. The maximum absolute atomic E-state index is 12.4. The SMILES string of the molecule is CC(C)(C)OC(=O)N1CC2CCCC(Cc3cccc(Br)n3)C2C1. The number of ether oxygens (including phenoxy) is 1. The first-order valence-corrected chi connectivity index (χ1v) is 9.70. The molecule has 24 heavy (non-hydrogen) atoms. The van der Waals surface area contributed by atoms with Crippen LogP contribution >= 0.6 is 15.9 Å². The molecular weight excluding hydrogens is 368 g/mol. The topological polar surface area (TPSA) is 42.4 Å². The minimum atomic E-state index is -0.426. The van der Waals surface area contributed by atoms with Crippen molar-refractivity contribution in [3.8, 4) is 0 Å². The molecule has 0 radical (unpaired) electrons. The van der Waals surface area contributed by atoms with Gasteiger partial charge in [-0.1, -0.05) is 12.5 Å². The van der Waals surface area contributed by atoms with Crippen LogP contribution < -0.4 is 0 Å². The van der Waals surface area contributed by atoms with Crippen molar-refractivity contribution in [2.75, 3.05) is 13.1 Å². The van der Waals surface area contributed by atoms with E-state index in [0.717, 1.165) is 29.8 Å². The van der Waals surface area contributed by atoms with Gasteiger partial charge in [-0.3, -0.25) is 0 Å². The Morgan fingerprint density at radius 1 is 1.33 bits per heavy atom. The van der Waals surface area contributed by atoms with Crippen LogP contribution in [0.5, 0.6) is 0 Å². The molecule has 1 saturated carbocycles. The average molecular weight is 395 g/mol. The van der Waals surface area contributed by atoms with Gasteiger partial charge >= 0.3 is 6.09 Å². The van der Waals surface area contributed by atoms with Crippen LogP contribution in [0.4, 0.5) is 4.79 Å². The van der Waals surface area contributed by atoms with E-state index >= 15 is 0 Å². The number of aromatic nitrogens is 1. The van der Waals surface area contributed by atoms with Crippen molar-refractivity contribution < 1.29 is 9.53 Å². The van der Waals surface area contributed by atoms with Crippen LogP contribution in [0.3, 0.4) is 0 Å². The minimum absolute atomic E-state index is 0.156. The third-order valence-electron chi connectivity index (χ3n) is 5.14. The number of rotatable bonds is 2. The molecule has 0 spiro atoms. The first-order chi connectivity index (χ1) is 11.3. The molecule has 0 N–H and O–H groups in total. The van der Waals surface area contributed by atoms with Crippen molar-refractivity contribution in [2.24, 2.45) is 17.8 Å². The summed E-state index contributed by atoms with van der Waals surface area (Å²) in [6.07, 6.45) is 4.56. The Morgan fingerprint density at radius 3 is 2.83 bits per heavy atom. The molecule has 2 heterocycles. The summed E-state index contributed by atoms with van der Waals surface area (Å²) in [6, 6.07) is 6.12. The number of amides is 1. The highest BCUT2D eigenvalue weighted by Gasteiger charge is 2.42. The third kappa shape index (κ3) is 4.29. The predicted octanol–water partition coefficient (Wildman–Crippen LogP) is 4.67. The van der Waals surface area contributed by atoms with Crippen LogP contribution in [0, 0.1) is 17.8 Å².